The van der Waals surface area contributed by atoms with Crippen LogP contribution in [0.2, 0.25) is 6.04 Å². The zero-order valence-electron chi connectivity index (χ0n) is 14.5. The van der Waals surface area contributed by atoms with Crippen LogP contribution >= 0.6 is 0 Å². The maximum Gasteiger partial charge on any atom is 0.506 e. The number of benzene rings is 1. The van der Waals surface area contributed by atoms with Crippen molar-refractivity contribution in [2.45, 2.75) is 18.6 Å². The molecule has 0 aromatic heterocycles. The first-order chi connectivity index (χ1) is 11.1. The van der Waals surface area contributed by atoms with Crippen LogP contribution in [-0.4, -0.2) is 57.1 Å². The van der Waals surface area contributed by atoms with Gasteiger partial charge in [0.1, 0.15) is 0 Å². The van der Waals surface area contributed by atoms with E-state index in [1.54, 1.807) is 14.2 Å². The summed E-state index contributed by atoms with van der Waals surface area (Å²) in [7, 11) is 4.38. The molecule has 132 valence electrons. The van der Waals surface area contributed by atoms with Crippen LogP contribution < -0.4 is 5.32 Å². The quantitative estimate of drug-likeness (QED) is 0.354. The molecule has 0 bridgehead atoms. The second-order valence-corrected chi connectivity index (χ2v) is 7.59. The minimum absolute atomic E-state index is 0.581. The molecule has 1 rings (SSSR count). The van der Waals surface area contributed by atoms with Gasteiger partial charge in [-0.1, -0.05) is 18.2 Å². The Bertz CT molecular complexity index is 417. The van der Waals surface area contributed by atoms with E-state index in [4.69, 9.17) is 27.5 Å². The molecule has 0 fully saturated rings. The van der Waals surface area contributed by atoms with E-state index in [2.05, 4.69) is 5.32 Å². The SMILES string of the molecule is COC(OC)(OC)O[Si](CCCNc1ccccc1)(OC)OC. The number of anilines is 1. The van der Waals surface area contributed by atoms with E-state index in [1.807, 2.05) is 30.3 Å². The van der Waals surface area contributed by atoms with Gasteiger partial charge < -0.3 is 28.4 Å². The van der Waals surface area contributed by atoms with Gasteiger partial charge in [0.2, 0.25) is 0 Å². The molecular formula is C15H27NO6Si. The normalized spacial score (nSPS) is 12.4. The zero-order chi connectivity index (χ0) is 17.2. The fourth-order valence-corrected chi connectivity index (χ4v) is 4.17. The van der Waals surface area contributed by atoms with Crippen LogP contribution in [0.5, 0.6) is 0 Å². The molecule has 0 atom stereocenters. The molecule has 0 amide bonds. The molecule has 1 aromatic rings. The first-order valence-corrected chi connectivity index (χ1v) is 9.27. The van der Waals surface area contributed by atoms with Crippen LogP contribution in [0.3, 0.4) is 0 Å². The van der Waals surface area contributed by atoms with E-state index in [0.29, 0.717) is 6.04 Å². The molecule has 0 aliphatic carbocycles. The number of hydrogen-bond donors (Lipinski definition) is 1. The van der Waals surface area contributed by atoms with Crippen LogP contribution in [0.1, 0.15) is 6.42 Å². The Morgan fingerprint density at radius 3 is 1.96 bits per heavy atom. The van der Waals surface area contributed by atoms with Crippen molar-refractivity contribution in [3.8, 4) is 0 Å². The van der Waals surface area contributed by atoms with Gasteiger partial charge in [0.05, 0.1) is 0 Å². The highest BCUT2D eigenvalue weighted by Gasteiger charge is 2.49. The van der Waals surface area contributed by atoms with Gasteiger partial charge in [-0.05, 0) is 18.6 Å². The first-order valence-electron chi connectivity index (χ1n) is 7.34. The number of hydrogen-bond acceptors (Lipinski definition) is 7. The van der Waals surface area contributed by atoms with E-state index in [9.17, 15) is 0 Å². The average Bonchev–Trinajstić information content (AvgIpc) is 2.63. The van der Waals surface area contributed by atoms with Gasteiger partial charge >= 0.3 is 15.0 Å². The summed E-state index contributed by atoms with van der Waals surface area (Å²) in [6.07, 6.45) is -0.846. The molecule has 0 saturated carbocycles. The minimum atomic E-state index is -2.99. The van der Waals surface area contributed by atoms with E-state index in [1.165, 1.54) is 21.3 Å². The summed E-state index contributed by atoms with van der Waals surface area (Å²) in [4.78, 5) is 0. The van der Waals surface area contributed by atoms with Gasteiger partial charge in [-0.3, -0.25) is 4.43 Å². The van der Waals surface area contributed by atoms with E-state index >= 15 is 0 Å². The van der Waals surface area contributed by atoms with E-state index in [0.717, 1.165) is 18.7 Å². The maximum atomic E-state index is 5.82. The maximum absolute atomic E-state index is 5.82. The predicted octanol–water partition coefficient (Wildman–Crippen LogP) is 2.29. The third-order valence-electron chi connectivity index (χ3n) is 3.42. The highest BCUT2D eigenvalue weighted by molar-refractivity contribution is 6.60. The van der Waals surface area contributed by atoms with Crippen molar-refractivity contribution in [2.24, 2.45) is 0 Å². The van der Waals surface area contributed by atoms with Crippen molar-refractivity contribution in [3.05, 3.63) is 30.3 Å². The first kappa shape index (κ1) is 20.0. The van der Waals surface area contributed by atoms with Crippen molar-refractivity contribution in [1.29, 1.82) is 0 Å². The monoisotopic (exact) mass is 345 g/mol. The number of para-hydroxylation sites is 1. The molecule has 1 N–H and O–H groups in total. The van der Waals surface area contributed by atoms with Gasteiger partial charge in [0.15, 0.2) is 0 Å². The van der Waals surface area contributed by atoms with Crippen molar-refractivity contribution in [3.63, 3.8) is 0 Å². The standard InChI is InChI=1S/C15H27NO6Si/c1-17-15(18-2,19-3)22-23(20-4,21-5)13-9-12-16-14-10-7-6-8-11-14/h6-8,10-11,16H,9,12-13H2,1-5H3. The molecule has 23 heavy (non-hydrogen) atoms. The fourth-order valence-electron chi connectivity index (χ4n) is 2.08. The predicted molar refractivity (Wildman–Crippen MR) is 89.0 cm³/mol. The average molecular weight is 345 g/mol. The van der Waals surface area contributed by atoms with Crippen molar-refractivity contribution in [2.75, 3.05) is 47.4 Å². The number of nitrogens with one attached hydrogen (secondary N) is 1. The van der Waals surface area contributed by atoms with Crippen LogP contribution in [-0.2, 0) is 27.5 Å². The highest BCUT2D eigenvalue weighted by atomic mass is 28.4. The molecule has 0 aliphatic rings. The van der Waals surface area contributed by atoms with Gasteiger partial charge in [-0.25, -0.2) is 0 Å². The van der Waals surface area contributed by atoms with Crippen LogP contribution in [0.25, 0.3) is 0 Å². The van der Waals surface area contributed by atoms with Gasteiger partial charge in [0.25, 0.3) is 0 Å². The number of rotatable bonds is 12. The Morgan fingerprint density at radius 1 is 0.913 bits per heavy atom. The molecule has 7 nitrogen and oxygen atoms in total. The summed E-state index contributed by atoms with van der Waals surface area (Å²) < 4.78 is 32.4. The molecule has 0 radical (unpaired) electrons. The molecule has 0 saturated heterocycles. The minimum Gasteiger partial charge on any atom is -0.385 e. The van der Waals surface area contributed by atoms with Crippen LogP contribution in [0, 0.1) is 0 Å². The lowest BCUT2D eigenvalue weighted by Crippen LogP contribution is -2.54. The summed E-state index contributed by atoms with van der Waals surface area (Å²) >= 11 is 0. The zero-order valence-corrected chi connectivity index (χ0v) is 15.5. The Hall–Kier alpha value is -1.00. The van der Waals surface area contributed by atoms with Crippen LogP contribution in [0.4, 0.5) is 5.69 Å². The largest absolute Gasteiger partial charge is 0.506 e. The van der Waals surface area contributed by atoms with Gasteiger partial charge in [0, 0.05) is 53.8 Å². The topological polar surface area (TPSA) is 67.4 Å². The summed E-state index contributed by atoms with van der Waals surface area (Å²) in [6.45, 7) is 0.759. The lowest BCUT2D eigenvalue weighted by atomic mass is 10.3. The lowest BCUT2D eigenvalue weighted by molar-refractivity contribution is -0.460. The Kier molecular flexibility index (Phi) is 8.70. The van der Waals surface area contributed by atoms with Crippen LogP contribution in [0.15, 0.2) is 30.3 Å². The number of ether oxygens (including phenoxy) is 3. The highest BCUT2D eigenvalue weighted by Crippen LogP contribution is 2.26. The molecule has 0 heterocycles. The fraction of sp³-hybridized carbons (Fsp3) is 0.600. The third kappa shape index (κ3) is 5.85. The van der Waals surface area contributed by atoms with Crippen molar-refractivity contribution in [1.82, 2.24) is 0 Å². The molecule has 0 spiro atoms. The van der Waals surface area contributed by atoms with E-state index in [-0.39, 0.29) is 0 Å². The molecule has 0 unspecified atom stereocenters. The summed E-state index contributed by atoms with van der Waals surface area (Å²) in [5.41, 5.74) is 1.07. The molecular weight excluding hydrogens is 318 g/mol. The van der Waals surface area contributed by atoms with Crippen molar-refractivity contribution < 1.29 is 27.5 Å². The second kappa shape index (κ2) is 9.99. The smallest absolute Gasteiger partial charge is 0.385 e. The summed E-state index contributed by atoms with van der Waals surface area (Å²) in [5.74, 6) is 0. The third-order valence-corrected chi connectivity index (χ3v) is 6.19. The number of methoxy groups -OCH3 is 3. The van der Waals surface area contributed by atoms with Crippen molar-refractivity contribution >= 4 is 14.5 Å². The van der Waals surface area contributed by atoms with E-state index < -0.39 is 15.0 Å². The molecule has 0 aliphatic heterocycles. The Balaban J connectivity index is 2.59. The summed E-state index contributed by atoms with van der Waals surface area (Å²) in [5, 5.41) is 3.33. The molecule has 8 heteroatoms. The molecule has 1 aromatic carbocycles. The van der Waals surface area contributed by atoms with Gasteiger partial charge in [-0.15, -0.1) is 0 Å². The van der Waals surface area contributed by atoms with Gasteiger partial charge in [-0.2, -0.15) is 0 Å². The Morgan fingerprint density at radius 2 is 1.48 bits per heavy atom. The second-order valence-electron chi connectivity index (χ2n) is 4.70. The lowest BCUT2D eigenvalue weighted by Gasteiger charge is -2.35. The Labute approximate surface area is 139 Å². The summed E-state index contributed by atoms with van der Waals surface area (Å²) in [6, 6.07) is 10.6.